The van der Waals surface area contributed by atoms with Crippen LogP contribution in [0.4, 0.5) is 11.4 Å². The van der Waals surface area contributed by atoms with Gasteiger partial charge in [-0.25, -0.2) is 4.31 Å². The fraction of sp³-hybridized carbons (Fsp3) is 0.381. The average Bonchev–Trinajstić information content (AvgIpc) is 2.80. The monoisotopic (exact) mass is 459 g/mol. The van der Waals surface area contributed by atoms with Crippen LogP contribution in [0.5, 0.6) is 0 Å². The predicted octanol–water partition coefficient (Wildman–Crippen LogP) is 0.535. The molecule has 2 N–H and O–H groups in total. The fourth-order valence-electron chi connectivity index (χ4n) is 3.77. The van der Waals surface area contributed by atoms with E-state index < -0.39 is 28.1 Å². The summed E-state index contributed by atoms with van der Waals surface area (Å²) in [6.45, 7) is 1.30. The van der Waals surface area contributed by atoms with Crippen LogP contribution >= 0.6 is 0 Å². The predicted molar refractivity (Wildman–Crippen MR) is 118 cm³/mol. The summed E-state index contributed by atoms with van der Waals surface area (Å²) in [5.74, 6) is -0.939. The van der Waals surface area contributed by atoms with E-state index in [-0.39, 0.29) is 32.7 Å². The molecule has 1 aromatic carbocycles. The largest absolute Gasteiger partial charge is 0.379 e. The van der Waals surface area contributed by atoms with E-state index in [1.165, 1.54) is 4.31 Å². The van der Waals surface area contributed by atoms with Crippen LogP contribution in [0.2, 0.25) is 0 Å². The molecule has 1 atom stereocenters. The highest BCUT2D eigenvalue weighted by atomic mass is 32.2. The molecule has 2 aliphatic heterocycles. The van der Waals surface area contributed by atoms with Crippen LogP contribution in [0.1, 0.15) is 12.0 Å². The molecule has 2 aliphatic rings. The lowest BCUT2D eigenvalue weighted by Crippen LogP contribution is -2.58. The Morgan fingerprint density at radius 1 is 1.16 bits per heavy atom. The van der Waals surface area contributed by atoms with Gasteiger partial charge in [-0.1, -0.05) is 12.1 Å². The topological polar surface area (TPSA) is 121 Å². The number of rotatable bonds is 7. The second-order valence-corrected chi connectivity index (χ2v) is 9.30. The molecule has 1 fully saturated rings. The maximum Gasteiger partial charge on any atom is 0.305 e. The van der Waals surface area contributed by atoms with Gasteiger partial charge in [0.05, 0.1) is 31.0 Å². The van der Waals surface area contributed by atoms with Crippen molar-refractivity contribution in [3.8, 4) is 0 Å². The third-order valence-electron chi connectivity index (χ3n) is 5.39. The highest BCUT2D eigenvalue weighted by Gasteiger charge is 2.44. The molecule has 4 rings (SSSR count). The maximum atomic E-state index is 13.5. The number of anilines is 2. The van der Waals surface area contributed by atoms with Gasteiger partial charge in [0.25, 0.3) is 0 Å². The van der Waals surface area contributed by atoms with Gasteiger partial charge in [0, 0.05) is 32.0 Å². The van der Waals surface area contributed by atoms with Crippen molar-refractivity contribution < 1.29 is 22.7 Å². The molecule has 1 unspecified atom stereocenters. The van der Waals surface area contributed by atoms with Crippen molar-refractivity contribution in [1.82, 2.24) is 14.6 Å². The van der Waals surface area contributed by atoms with Crippen molar-refractivity contribution in [3.05, 3.63) is 54.4 Å². The lowest BCUT2D eigenvalue weighted by molar-refractivity contribution is -0.125. The minimum absolute atomic E-state index is 0.188. The van der Waals surface area contributed by atoms with Gasteiger partial charge < -0.3 is 15.4 Å². The number of amides is 2. The molecule has 0 spiro atoms. The van der Waals surface area contributed by atoms with Crippen molar-refractivity contribution in [2.24, 2.45) is 0 Å². The molecular weight excluding hydrogens is 434 g/mol. The van der Waals surface area contributed by atoms with E-state index in [2.05, 4.69) is 15.6 Å². The molecule has 1 saturated heterocycles. The lowest BCUT2D eigenvalue weighted by Gasteiger charge is -2.40. The summed E-state index contributed by atoms with van der Waals surface area (Å²) >= 11 is 0. The van der Waals surface area contributed by atoms with E-state index >= 15 is 0 Å². The van der Waals surface area contributed by atoms with E-state index in [1.807, 2.05) is 12.1 Å². The SMILES string of the molecule is O=C(CC1C(=O)Nc2ccccc2N1S(=O)(=O)N1CCOCC1)NCCc1ccncc1. The smallest absolute Gasteiger partial charge is 0.305 e. The standard InChI is InChI=1S/C21H25N5O5S/c27-20(23-10-7-16-5-8-22-9-6-16)15-19-21(28)24-17-3-1-2-4-18(17)26(19)32(29,30)25-11-13-31-14-12-25/h1-6,8-9,19H,7,10-15H2,(H,23,27)(H,24,28). The van der Waals surface area contributed by atoms with Gasteiger partial charge in [-0.2, -0.15) is 12.7 Å². The summed E-state index contributed by atoms with van der Waals surface area (Å²) in [7, 11) is -4.05. The van der Waals surface area contributed by atoms with Crippen LogP contribution in [-0.4, -0.2) is 68.4 Å². The maximum absolute atomic E-state index is 13.5. The van der Waals surface area contributed by atoms with Gasteiger partial charge in [0.15, 0.2) is 0 Å². The molecule has 0 aliphatic carbocycles. The Bertz CT molecular complexity index is 1070. The van der Waals surface area contributed by atoms with Crippen molar-refractivity contribution in [2.75, 3.05) is 42.5 Å². The Morgan fingerprint density at radius 2 is 1.88 bits per heavy atom. The lowest BCUT2D eigenvalue weighted by atomic mass is 10.1. The minimum Gasteiger partial charge on any atom is -0.379 e. The zero-order chi connectivity index (χ0) is 22.6. The Kier molecular flexibility index (Phi) is 6.68. The molecule has 10 nitrogen and oxygen atoms in total. The molecule has 0 bridgehead atoms. The van der Waals surface area contributed by atoms with Crippen LogP contribution in [0.15, 0.2) is 48.8 Å². The van der Waals surface area contributed by atoms with Crippen molar-refractivity contribution in [1.29, 1.82) is 0 Å². The number of nitrogens with one attached hydrogen (secondary N) is 2. The Labute approximate surface area is 186 Å². The zero-order valence-electron chi connectivity index (χ0n) is 17.4. The summed E-state index contributed by atoms with van der Waals surface area (Å²) in [4.78, 5) is 29.5. The van der Waals surface area contributed by atoms with Crippen LogP contribution in [0.25, 0.3) is 0 Å². The molecule has 170 valence electrons. The highest BCUT2D eigenvalue weighted by Crippen LogP contribution is 2.36. The number of carbonyl (C=O) groups excluding carboxylic acids is 2. The number of fused-ring (bicyclic) bond motifs is 1. The van der Waals surface area contributed by atoms with Crippen molar-refractivity contribution in [2.45, 2.75) is 18.9 Å². The van der Waals surface area contributed by atoms with E-state index in [0.717, 1.165) is 9.87 Å². The number of pyridine rings is 1. The normalized spacial score (nSPS) is 19.2. The molecule has 11 heteroatoms. The first kappa shape index (κ1) is 22.2. The fourth-order valence-corrected chi connectivity index (χ4v) is 5.53. The minimum atomic E-state index is -4.05. The van der Waals surface area contributed by atoms with E-state index in [0.29, 0.717) is 24.3 Å². The molecule has 2 amide bonds. The molecule has 2 aromatic rings. The molecule has 32 heavy (non-hydrogen) atoms. The number of hydrogen-bond acceptors (Lipinski definition) is 6. The van der Waals surface area contributed by atoms with E-state index in [1.54, 1.807) is 36.7 Å². The summed E-state index contributed by atoms with van der Waals surface area (Å²) in [5, 5.41) is 5.51. The van der Waals surface area contributed by atoms with Gasteiger partial charge in [-0.3, -0.25) is 14.6 Å². The third-order valence-corrected chi connectivity index (χ3v) is 7.36. The summed E-state index contributed by atoms with van der Waals surface area (Å²) in [6.07, 6.45) is 3.66. The van der Waals surface area contributed by atoms with E-state index in [4.69, 9.17) is 4.74 Å². The van der Waals surface area contributed by atoms with Gasteiger partial charge >= 0.3 is 10.2 Å². The first-order valence-corrected chi connectivity index (χ1v) is 11.8. The van der Waals surface area contributed by atoms with Crippen LogP contribution in [-0.2, 0) is 31.0 Å². The number of hydrogen-bond donors (Lipinski definition) is 2. The Hall–Kier alpha value is -3.02. The summed E-state index contributed by atoms with van der Waals surface area (Å²) < 4.78 is 34.7. The number of aromatic nitrogens is 1. The second kappa shape index (κ2) is 9.63. The Balaban J connectivity index is 1.53. The van der Waals surface area contributed by atoms with Crippen molar-refractivity contribution >= 4 is 33.4 Å². The number of carbonyl (C=O) groups is 2. The first-order chi connectivity index (χ1) is 15.5. The molecule has 3 heterocycles. The second-order valence-electron chi connectivity index (χ2n) is 7.50. The molecular formula is C21H25N5O5S. The average molecular weight is 460 g/mol. The van der Waals surface area contributed by atoms with Crippen molar-refractivity contribution in [3.63, 3.8) is 0 Å². The number of nitrogens with zero attached hydrogens (tertiary/aromatic N) is 3. The molecule has 0 saturated carbocycles. The number of ether oxygens (including phenoxy) is 1. The third kappa shape index (κ3) is 4.74. The van der Waals surface area contributed by atoms with Gasteiger partial charge in [0.2, 0.25) is 11.8 Å². The molecule has 1 aromatic heterocycles. The van der Waals surface area contributed by atoms with Crippen LogP contribution in [0, 0.1) is 0 Å². The summed E-state index contributed by atoms with van der Waals surface area (Å²) in [5.41, 5.74) is 1.75. The molecule has 0 radical (unpaired) electrons. The summed E-state index contributed by atoms with van der Waals surface area (Å²) in [6, 6.07) is 9.19. The zero-order valence-corrected chi connectivity index (χ0v) is 18.3. The quantitative estimate of drug-likeness (QED) is 0.623. The van der Waals surface area contributed by atoms with E-state index in [9.17, 15) is 18.0 Å². The number of para-hydroxylation sites is 2. The Morgan fingerprint density at radius 3 is 2.62 bits per heavy atom. The first-order valence-electron chi connectivity index (χ1n) is 10.4. The van der Waals surface area contributed by atoms with Gasteiger partial charge in [-0.15, -0.1) is 0 Å². The highest BCUT2D eigenvalue weighted by molar-refractivity contribution is 7.90. The number of benzene rings is 1. The van der Waals surface area contributed by atoms with Crippen LogP contribution < -0.4 is 14.9 Å². The number of morpholine rings is 1. The van der Waals surface area contributed by atoms with Crippen LogP contribution in [0.3, 0.4) is 0 Å². The van der Waals surface area contributed by atoms with Gasteiger partial charge in [-0.05, 0) is 36.2 Å². The van der Waals surface area contributed by atoms with Gasteiger partial charge in [0.1, 0.15) is 6.04 Å².